The Morgan fingerprint density at radius 2 is 2.20 bits per heavy atom. The zero-order chi connectivity index (χ0) is 7.56. The molecule has 0 N–H and O–H groups in total. The topological polar surface area (TPSA) is 17.3 Å². The van der Waals surface area contributed by atoms with Gasteiger partial charge in [0, 0.05) is 12.6 Å². The maximum atomic E-state index is 5.86. The van der Waals surface area contributed by atoms with Gasteiger partial charge in [-0.05, 0) is 26.9 Å². The number of hydrogen-bond donors (Lipinski definition) is 0. The molecule has 0 aromatic heterocycles. The quantitative estimate of drug-likeness (QED) is 0.412. The molecule has 0 amide bonds. The van der Waals surface area contributed by atoms with E-state index in [0.717, 1.165) is 19.4 Å². The zero-order valence-corrected chi connectivity index (χ0v) is 7.30. The SMILES string of the molecule is CN(C)C1CC[N]C(Cl)C1. The van der Waals surface area contributed by atoms with E-state index in [2.05, 4.69) is 24.3 Å². The molecule has 2 atom stereocenters. The van der Waals surface area contributed by atoms with Crippen LogP contribution in [0.15, 0.2) is 0 Å². The molecular formula is C7H14ClN2. The van der Waals surface area contributed by atoms with Crippen molar-refractivity contribution >= 4 is 11.6 Å². The van der Waals surface area contributed by atoms with Crippen molar-refractivity contribution in [1.29, 1.82) is 0 Å². The lowest BCUT2D eigenvalue weighted by Gasteiger charge is -2.30. The molecular weight excluding hydrogens is 148 g/mol. The van der Waals surface area contributed by atoms with E-state index >= 15 is 0 Å². The third-order valence-electron chi connectivity index (χ3n) is 1.99. The molecule has 1 radical (unpaired) electrons. The maximum absolute atomic E-state index is 5.86. The predicted molar refractivity (Wildman–Crippen MR) is 43.4 cm³/mol. The van der Waals surface area contributed by atoms with E-state index in [1.165, 1.54) is 0 Å². The average Bonchev–Trinajstić information content (AvgIpc) is 1.88. The fourth-order valence-electron chi connectivity index (χ4n) is 1.25. The summed E-state index contributed by atoms with van der Waals surface area (Å²) in [5, 5.41) is 4.20. The van der Waals surface area contributed by atoms with Gasteiger partial charge in [-0.25, -0.2) is 5.32 Å². The molecule has 0 spiro atoms. The fourth-order valence-corrected chi connectivity index (χ4v) is 1.55. The lowest BCUT2D eigenvalue weighted by atomic mass is 10.1. The van der Waals surface area contributed by atoms with Crippen LogP contribution >= 0.6 is 11.6 Å². The smallest absolute Gasteiger partial charge is 0.0999 e. The Hall–Kier alpha value is 0.210. The molecule has 59 valence electrons. The van der Waals surface area contributed by atoms with Crippen LogP contribution < -0.4 is 5.32 Å². The summed E-state index contributed by atoms with van der Waals surface area (Å²) in [6.07, 6.45) is 2.17. The molecule has 1 aliphatic rings. The second-order valence-electron chi connectivity index (χ2n) is 2.98. The first-order valence-corrected chi connectivity index (χ1v) is 4.11. The first-order valence-electron chi connectivity index (χ1n) is 3.67. The van der Waals surface area contributed by atoms with Crippen molar-refractivity contribution in [2.75, 3.05) is 20.6 Å². The molecule has 1 fully saturated rings. The Bertz CT molecular complexity index is 106. The number of alkyl halides is 1. The summed E-state index contributed by atoms with van der Waals surface area (Å²) >= 11 is 5.86. The van der Waals surface area contributed by atoms with Crippen LogP contribution in [0.5, 0.6) is 0 Å². The van der Waals surface area contributed by atoms with Gasteiger partial charge in [-0.1, -0.05) is 0 Å². The van der Waals surface area contributed by atoms with Crippen LogP contribution in [0.1, 0.15) is 12.8 Å². The molecule has 0 aromatic carbocycles. The van der Waals surface area contributed by atoms with Gasteiger partial charge < -0.3 is 4.90 Å². The Balaban J connectivity index is 2.32. The van der Waals surface area contributed by atoms with Gasteiger partial charge in [0.2, 0.25) is 0 Å². The van der Waals surface area contributed by atoms with Crippen LogP contribution in [0.2, 0.25) is 0 Å². The van der Waals surface area contributed by atoms with Crippen molar-refractivity contribution in [3.05, 3.63) is 0 Å². The molecule has 0 bridgehead atoms. The predicted octanol–water partition coefficient (Wildman–Crippen LogP) is 0.880. The van der Waals surface area contributed by atoms with Crippen LogP contribution in [0, 0.1) is 0 Å². The molecule has 2 unspecified atom stereocenters. The molecule has 0 saturated carbocycles. The summed E-state index contributed by atoms with van der Waals surface area (Å²) in [7, 11) is 4.19. The largest absolute Gasteiger partial charge is 0.306 e. The standard InChI is InChI=1S/C7H14ClN2/c1-10(2)6-3-4-9-7(8)5-6/h6-7H,3-5H2,1-2H3. The maximum Gasteiger partial charge on any atom is 0.0999 e. The van der Waals surface area contributed by atoms with Gasteiger partial charge in [-0.3, -0.25) is 0 Å². The summed E-state index contributed by atoms with van der Waals surface area (Å²) in [5.74, 6) is 0. The van der Waals surface area contributed by atoms with Crippen molar-refractivity contribution in [3.8, 4) is 0 Å². The Morgan fingerprint density at radius 3 is 2.60 bits per heavy atom. The fraction of sp³-hybridized carbons (Fsp3) is 1.00. The number of hydrogen-bond acceptors (Lipinski definition) is 1. The first-order chi connectivity index (χ1) is 4.70. The van der Waals surface area contributed by atoms with Crippen LogP contribution in [0.4, 0.5) is 0 Å². The molecule has 0 aliphatic carbocycles. The molecule has 1 rings (SSSR count). The summed E-state index contributed by atoms with van der Waals surface area (Å²) in [6, 6.07) is 0.639. The summed E-state index contributed by atoms with van der Waals surface area (Å²) in [4.78, 5) is 2.23. The minimum absolute atomic E-state index is 0.0566. The third kappa shape index (κ3) is 2.11. The zero-order valence-electron chi connectivity index (χ0n) is 6.55. The van der Waals surface area contributed by atoms with E-state index in [0.29, 0.717) is 6.04 Å². The second-order valence-corrected chi connectivity index (χ2v) is 3.49. The van der Waals surface area contributed by atoms with Gasteiger partial charge in [-0.15, -0.1) is 11.6 Å². The third-order valence-corrected chi connectivity index (χ3v) is 2.30. The summed E-state index contributed by atoms with van der Waals surface area (Å²) < 4.78 is 0. The molecule has 0 aromatic rings. The Labute approximate surface area is 67.5 Å². The van der Waals surface area contributed by atoms with E-state index in [1.54, 1.807) is 0 Å². The van der Waals surface area contributed by atoms with Crippen molar-refractivity contribution in [2.24, 2.45) is 0 Å². The van der Waals surface area contributed by atoms with E-state index in [4.69, 9.17) is 11.6 Å². The number of piperidine rings is 1. The van der Waals surface area contributed by atoms with Crippen molar-refractivity contribution < 1.29 is 0 Å². The molecule has 3 heteroatoms. The van der Waals surface area contributed by atoms with E-state index in [-0.39, 0.29) is 5.50 Å². The Morgan fingerprint density at radius 1 is 1.50 bits per heavy atom. The summed E-state index contributed by atoms with van der Waals surface area (Å²) in [5.41, 5.74) is 0.0566. The number of nitrogens with zero attached hydrogens (tertiary/aromatic N) is 2. The number of rotatable bonds is 1. The minimum Gasteiger partial charge on any atom is -0.306 e. The lowest BCUT2D eigenvalue weighted by molar-refractivity contribution is 0.226. The molecule has 10 heavy (non-hydrogen) atoms. The molecule has 1 heterocycles. The highest BCUT2D eigenvalue weighted by Gasteiger charge is 2.21. The van der Waals surface area contributed by atoms with Crippen molar-refractivity contribution in [1.82, 2.24) is 10.2 Å². The van der Waals surface area contributed by atoms with Crippen LogP contribution in [0.3, 0.4) is 0 Å². The first kappa shape index (κ1) is 8.31. The van der Waals surface area contributed by atoms with E-state index in [9.17, 15) is 0 Å². The normalized spacial score (nSPS) is 34.8. The molecule has 2 nitrogen and oxygen atoms in total. The molecule has 1 saturated heterocycles. The minimum atomic E-state index is 0.0566. The van der Waals surface area contributed by atoms with E-state index in [1.807, 2.05) is 0 Å². The Kier molecular flexibility index (Phi) is 2.96. The van der Waals surface area contributed by atoms with Gasteiger partial charge in [0.1, 0.15) is 0 Å². The highest BCUT2D eigenvalue weighted by Crippen LogP contribution is 2.15. The van der Waals surface area contributed by atoms with Crippen LogP contribution in [-0.2, 0) is 0 Å². The summed E-state index contributed by atoms with van der Waals surface area (Å²) in [6.45, 7) is 0.928. The molecule has 1 aliphatic heterocycles. The van der Waals surface area contributed by atoms with Crippen molar-refractivity contribution in [2.45, 2.75) is 24.4 Å². The lowest BCUT2D eigenvalue weighted by Crippen LogP contribution is -2.39. The van der Waals surface area contributed by atoms with Gasteiger partial charge >= 0.3 is 0 Å². The average molecular weight is 162 g/mol. The van der Waals surface area contributed by atoms with Crippen LogP contribution in [-0.4, -0.2) is 37.1 Å². The number of halogens is 1. The van der Waals surface area contributed by atoms with Crippen LogP contribution in [0.25, 0.3) is 0 Å². The highest BCUT2D eigenvalue weighted by atomic mass is 35.5. The van der Waals surface area contributed by atoms with Gasteiger partial charge in [0.05, 0.1) is 5.50 Å². The highest BCUT2D eigenvalue weighted by molar-refractivity contribution is 6.20. The second kappa shape index (κ2) is 3.56. The van der Waals surface area contributed by atoms with Gasteiger partial charge in [0.15, 0.2) is 0 Å². The van der Waals surface area contributed by atoms with Crippen molar-refractivity contribution in [3.63, 3.8) is 0 Å². The van der Waals surface area contributed by atoms with Gasteiger partial charge in [0.25, 0.3) is 0 Å². The van der Waals surface area contributed by atoms with Gasteiger partial charge in [-0.2, -0.15) is 0 Å². The van der Waals surface area contributed by atoms with E-state index < -0.39 is 0 Å². The monoisotopic (exact) mass is 161 g/mol.